The molecule has 2 amide bonds. The van der Waals surface area contributed by atoms with Gasteiger partial charge >= 0.3 is 5.97 Å². The molecule has 2 aromatic carbocycles. The molecule has 1 saturated carbocycles. The van der Waals surface area contributed by atoms with Crippen molar-refractivity contribution in [1.82, 2.24) is 35.6 Å². The van der Waals surface area contributed by atoms with Crippen LogP contribution in [0.25, 0.3) is 11.2 Å². The molecule has 1 aliphatic carbocycles. The Bertz CT molecular complexity index is 2100. The maximum atomic E-state index is 12.9. The van der Waals surface area contributed by atoms with Crippen LogP contribution < -0.4 is 36.8 Å². The van der Waals surface area contributed by atoms with Crippen molar-refractivity contribution >= 4 is 46.3 Å². The minimum absolute atomic E-state index is 0.0510. The highest BCUT2D eigenvalue weighted by molar-refractivity contribution is 5.97. The lowest BCUT2D eigenvalue weighted by molar-refractivity contribution is -0.139. The van der Waals surface area contributed by atoms with Gasteiger partial charge in [-0.1, -0.05) is 6.07 Å². The van der Waals surface area contributed by atoms with Crippen LogP contribution in [0.2, 0.25) is 0 Å². The number of H-pyrrole nitrogens is 1. The molecule has 0 spiro atoms. The number of ether oxygens (including phenoxy) is 2. The molecule has 0 bridgehead atoms. The number of carbonyl (C=O) groups is 3. The van der Waals surface area contributed by atoms with Crippen LogP contribution >= 0.6 is 0 Å². The van der Waals surface area contributed by atoms with Crippen molar-refractivity contribution in [2.45, 2.75) is 62.6 Å². The topological polar surface area (TPSA) is 239 Å². The van der Waals surface area contributed by atoms with E-state index >= 15 is 0 Å². The van der Waals surface area contributed by atoms with Gasteiger partial charge in [-0.05, 0) is 81.2 Å². The molecule has 53 heavy (non-hydrogen) atoms. The van der Waals surface area contributed by atoms with Gasteiger partial charge in [0.2, 0.25) is 11.9 Å². The number of likely N-dealkylation sites (tertiary alicyclic amines) is 1. The molecule has 17 nitrogen and oxygen atoms in total. The lowest BCUT2D eigenvalue weighted by Crippen LogP contribution is -2.46. The van der Waals surface area contributed by atoms with Crippen LogP contribution in [0.1, 0.15) is 60.1 Å². The summed E-state index contributed by atoms with van der Waals surface area (Å²) in [5.74, 6) is -0.974. The molecule has 1 saturated heterocycles. The number of hydrazone groups is 1. The van der Waals surface area contributed by atoms with Gasteiger partial charge in [-0.3, -0.25) is 19.4 Å². The first-order chi connectivity index (χ1) is 25.5. The maximum absolute atomic E-state index is 12.9. The number of carboxylic acid groups (broad SMARTS) is 1. The fourth-order valence-electron chi connectivity index (χ4n) is 7.14. The summed E-state index contributed by atoms with van der Waals surface area (Å²) in [7, 11) is 5.35. The molecule has 17 heteroatoms. The zero-order chi connectivity index (χ0) is 37.7. The van der Waals surface area contributed by atoms with Crippen molar-refractivity contribution in [3.63, 3.8) is 0 Å². The Morgan fingerprint density at radius 2 is 1.89 bits per heavy atom. The standard InChI is InChI=1S/C36H42N10O7/c1-46-15-14-36(21-6-10-26(52-2)27(16-21)53-3)13-12-23(17-28(36)46)44-45-29(47)11-9-25(34(50)51)41-32(48)20-4-7-22(8-5-20)38-18-24-19-39-31-30(40-24)33(49)43-35(37)42-31/h4-8,10,16,19,25,28,38H,9,11-15,17-18H2,1-3H3,(H,41,48)(H,45,47)(H,50,51)(H3,37,39,42,43,49)/t25?,28-,36-/m0/s1. The fourth-order valence-corrected chi connectivity index (χ4v) is 7.14. The number of fused-ring (bicyclic) bond motifs is 2. The predicted molar refractivity (Wildman–Crippen MR) is 196 cm³/mol. The first-order valence-electron chi connectivity index (χ1n) is 17.2. The molecular formula is C36H42N10O7. The highest BCUT2D eigenvalue weighted by atomic mass is 16.5. The number of hydrogen-bond acceptors (Lipinski definition) is 13. The molecular weight excluding hydrogens is 684 g/mol. The molecule has 278 valence electrons. The summed E-state index contributed by atoms with van der Waals surface area (Å²) in [5.41, 5.74) is 11.2. The van der Waals surface area contributed by atoms with Gasteiger partial charge in [-0.2, -0.15) is 10.1 Å². The summed E-state index contributed by atoms with van der Waals surface area (Å²) in [6.45, 7) is 1.16. The third-order valence-corrected chi connectivity index (χ3v) is 10.0. The quantitative estimate of drug-likeness (QED) is 0.109. The SMILES string of the molecule is COc1ccc([C@@]23CCC(=NNC(=O)CCC(NC(=O)c4ccc(NCc5cnc6nc(N)[nH]c(=O)c6n5)cc4)C(=O)O)C[C@@H]2N(C)CC3)cc1OC. The average Bonchev–Trinajstić information content (AvgIpc) is 3.50. The zero-order valence-corrected chi connectivity index (χ0v) is 29.6. The second kappa shape index (κ2) is 15.6. The summed E-state index contributed by atoms with van der Waals surface area (Å²) in [6.07, 6.45) is 4.43. The number of hydrogen-bond donors (Lipinski definition) is 6. The van der Waals surface area contributed by atoms with Gasteiger partial charge in [0, 0.05) is 41.3 Å². The van der Waals surface area contributed by atoms with Crippen molar-refractivity contribution in [1.29, 1.82) is 0 Å². The lowest BCUT2D eigenvalue weighted by Gasteiger charge is -2.42. The van der Waals surface area contributed by atoms with Crippen LogP contribution in [0.15, 0.2) is 58.6 Å². The predicted octanol–water partition coefficient (Wildman–Crippen LogP) is 2.19. The van der Waals surface area contributed by atoms with E-state index < -0.39 is 29.4 Å². The van der Waals surface area contributed by atoms with Gasteiger partial charge < -0.3 is 35.8 Å². The largest absolute Gasteiger partial charge is 0.493 e. The molecule has 7 N–H and O–H groups in total. The molecule has 1 aliphatic heterocycles. The molecule has 2 aromatic heterocycles. The first kappa shape index (κ1) is 36.7. The number of nitrogens with zero attached hydrogens (tertiary/aromatic N) is 5. The Hall–Kier alpha value is -6.10. The van der Waals surface area contributed by atoms with Crippen molar-refractivity contribution < 1.29 is 29.0 Å². The zero-order valence-electron chi connectivity index (χ0n) is 29.6. The third-order valence-electron chi connectivity index (χ3n) is 10.0. The second-order valence-corrected chi connectivity index (χ2v) is 13.2. The molecule has 2 fully saturated rings. The number of carboxylic acids is 1. The number of rotatable bonds is 13. The van der Waals surface area contributed by atoms with Crippen molar-refractivity contribution in [3.05, 3.63) is 75.8 Å². The Balaban J connectivity index is 0.994. The molecule has 1 unspecified atom stereocenters. The highest BCUT2D eigenvalue weighted by Gasteiger charge is 2.50. The Morgan fingerprint density at radius 1 is 1.11 bits per heavy atom. The van der Waals surface area contributed by atoms with Gasteiger partial charge in [0.25, 0.3) is 11.5 Å². The Kier molecular flexibility index (Phi) is 10.8. The van der Waals surface area contributed by atoms with E-state index in [1.54, 1.807) is 26.4 Å². The summed E-state index contributed by atoms with van der Waals surface area (Å²) in [4.78, 5) is 66.9. The van der Waals surface area contributed by atoms with Gasteiger partial charge in [-0.15, -0.1) is 0 Å². The number of nitrogens with two attached hydrogens (primary N) is 1. The number of nitrogen functional groups attached to an aromatic ring is 1. The van der Waals surface area contributed by atoms with E-state index in [0.29, 0.717) is 35.7 Å². The first-order valence-corrected chi connectivity index (χ1v) is 17.2. The number of aromatic nitrogens is 4. The number of methoxy groups -OCH3 is 2. The van der Waals surface area contributed by atoms with E-state index in [-0.39, 0.29) is 53.5 Å². The molecule has 3 atom stereocenters. The van der Waals surface area contributed by atoms with Crippen LogP contribution in [-0.2, 0) is 21.5 Å². The van der Waals surface area contributed by atoms with Crippen LogP contribution in [0, 0.1) is 0 Å². The lowest BCUT2D eigenvalue weighted by atomic mass is 9.65. The minimum atomic E-state index is -1.29. The second-order valence-electron chi connectivity index (χ2n) is 13.2. The number of anilines is 2. The van der Waals surface area contributed by atoms with Gasteiger partial charge in [0.05, 0.1) is 32.7 Å². The number of amides is 2. The van der Waals surface area contributed by atoms with Crippen LogP contribution in [0.3, 0.4) is 0 Å². The number of benzene rings is 2. The van der Waals surface area contributed by atoms with E-state index in [2.05, 4.69) is 65.2 Å². The van der Waals surface area contributed by atoms with Gasteiger partial charge in [0.1, 0.15) is 6.04 Å². The van der Waals surface area contributed by atoms with Crippen molar-refractivity contribution in [2.24, 2.45) is 5.10 Å². The molecule has 2 aliphatic rings. The number of likely N-dealkylation sites (N-methyl/N-ethyl adjacent to an activating group) is 1. The molecule has 3 heterocycles. The highest BCUT2D eigenvalue weighted by Crippen LogP contribution is 2.49. The van der Waals surface area contributed by atoms with E-state index in [4.69, 9.17) is 15.2 Å². The summed E-state index contributed by atoms with van der Waals surface area (Å²) >= 11 is 0. The minimum Gasteiger partial charge on any atom is -0.493 e. The fraction of sp³-hybridized carbons (Fsp3) is 0.389. The monoisotopic (exact) mass is 726 g/mol. The van der Waals surface area contributed by atoms with Gasteiger partial charge in [-0.25, -0.2) is 20.2 Å². The van der Waals surface area contributed by atoms with E-state index in [0.717, 1.165) is 25.1 Å². The Labute approximate surface area is 304 Å². The smallest absolute Gasteiger partial charge is 0.326 e. The average molecular weight is 727 g/mol. The van der Waals surface area contributed by atoms with Crippen LogP contribution in [0.5, 0.6) is 11.5 Å². The van der Waals surface area contributed by atoms with E-state index in [1.807, 2.05) is 6.07 Å². The molecule has 0 radical (unpaired) electrons. The summed E-state index contributed by atoms with van der Waals surface area (Å²) in [5, 5.41) is 19.8. The summed E-state index contributed by atoms with van der Waals surface area (Å²) in [6, 6.07) is 11.4. The normalized spacial score (nSPS) is 19.7. The number of carbonyl (C=O) groups excluding carboxylic acids is 2. The van der Waals surface area contributed by atoms with Crippen LogP contribution in [-0.4, -0.2) is 93.3 Å². The summed E-state index contributed by atoms with van der Waals surface area (Å²) < 4.78 is 11.0. The Morgan fingerprint density at radius 3 is 2.62 bits per heavy atom. The third kappa shape index (κ3) is 8.04. The van der Waals surface area contributed by atoms with Crippen LogP contribution in [0.4, 0.5) is 11.6 Å². The van der Waals surface area contributed by atoms with Gasteiger partial charge in [0.15, 0.2) is 22.7 Å². The van der Waals surface area contributed by atoms with E-state index in [1.165, 1.54) is 23.9 Å². The molecule has 6 rings (SSSR count). The number of nitrogens with one attached hydrogen (secondary N) is 4. The maximum Gasteiger partial charge on any atom is 0.326 e. The van der Waals surface area contributed by atoms with Crippen molar-refractivity contribution in [2.75, 3.05) is 38.9 Å². The molecule has 4 aromatic rings. The number of aliphatic carboxylic acids is 1. The van der Waals surface area contributed by atoms with E-state index in [9.17, 15) is 24.3 Å². The van der Waals surface area contributed by atoms with Crippen molar-refractivity contribution in [3.8, 4) is 11.5 Å². The number of aromatic amines is 1.